The molecular formula is C18H12BrFN2O3. The van der Waals surface area contributed by atoms with E-state index in [0.717, 1.165) is 0 Å². The summed E-state index contributed by atoms with van der Waals surface area (Å²) in [6.45, 7) is 0. The Morgan fingerprint density at radius 1 is 1.04 bits per heavy atom. The normalized spacial score (nSPS) is 10.4. The zero-order valence-electron chi connectivity index (χ0n) is 13.1. The molecule has 0 N–H and O–H groups in total. The molecule has 3 aromatic rings. The number of hydrogen-bond donors (Lipinski definition) is 0. The van der Waals surface area contributed by atoms with Gasteiger partial charge in [0.25, 0.3) is 0 Å². The summed E-state index contributed by atoms with van der Waals surface area (Å²) >= 11 is 3.31. The Balaban J connectivity index is 1.73. The van der Waals surface area contributed by atoms with Crippen LogP contribution in [0, 0.1) is 5.82 Å². The highest BCUT2D eigenvalue weighted by molar-refractivity contribution is 9.10. The Morgan fingerprint density at radius 2 is 1.80 bits per heavy atom. The third-order valence-corrected chi connectivity index (χ3v) is 3.98. The highest BCUT2D eigenvalue weighted by Crippen LogP contribution is 2.26. The van der Waals surface area contributed by atoms with Crippen LogP contribution in [0.15, 0.2) is 59.1 Å². The molecule has 126 valence electrons. The van der Waals surface area contributed by atoms with Crippen molar-refractivity contribution >= 4 is 21.9 Å². The van der Waals surface area contributed by atoms with Crippen LogP contribution in [0.5, 0.6) is 11.6 Å². The summed E-state index contributed by atoms with van der Waals surface area (Å²) in [5.74, 6) is -0.206. The summed E-state index contributed by atoms with van der Waals surface area (Å²) in [6, 6.07) is 13.9. The van der Waals surface area contributed by atoms with E-state index in [9.17, 15) is 9.18 Å². The van der Waals surface area contributed by atoms with Gasteiger partial charge in [0, 0.05) is 11.6 Å². The zero-order chi connectivity index (χ0) is 17.8. The van der Waals surface area contributed by atoms with E-state index in [0.29, 0.717) is 27.0 Å². The van der Waals surface area contributed by atoms with Crippen molar-refractivity contribution in [3.63, 3.8) is 0 Å². The molecular weight excluding hydrogens is 391 g/mol. The lowest BCUT2D eigenvalue weighted by Gasteiger charge is -2.06. The molecule has 0 saturated heterocycles. The molecule has 0 atom stereocenters. The smallest absolute Gasteiger partial charge is 0.344 e. The van der Waals surface area contributed by atoms with E-state index in [-0.39, 0.29) is 11.7 Å². The topological polar surface area (TPSA) is 61.3 Å². The SMILES string of the molecule is COc1ccc(C(=O)Oc2ccc(-c3ccc(F)cc3)nn2)cc1Br. The molecule has 2 aromatic carbocycles. The Bertz CT molecular complexity index is 899. The lowest BCUT2D eigenvalue weighted by molar-refractivity contribution is 0.0725. The van der Waals surface area contributed by atoms with Gasteiger partial charge in [0.1, 0.15) is 11.6 Å². The first-order chi connectivity index (χ1) is 12.1. The van der Waals surface area contributed by atoms with E-state index in [1.165, 1.54) is 25.3 Å². The first kappa shape index (κ1) is 17.0. The fourth-order valence-corrected chi connectivity index (χ4v) is 2.64. The Hall–Kier alpha value is -2.80. The number of benzene rings is 2. The van der Waals surface area contributed by atoms with Crippen LogP contribution in [0.4, 0.5) is 4.39 Å². The summed E-state index contributed by atoms with van der Waals surface area (Å²) in [4.78, 5) is 12.2. The summed E-state index contributed by atoms with van der Waals surface area (Å²) in [7, 11) is 1.54. The Morgan fingerprint density at radius 3 is 2.40 bits per heavy atom. The fraction of sp³-hybridized carbons (Fsp3) is 0.0556. The maximum atomic E-state index is 12.9. The van der Waals surface area contributed by atoms with Crippen LogP contribution in [0.3, 0.4) is 0 Å². The van der Waals surface area contributed by atoms with Crippen molar-refractivity contribution in [2.45, 2.75) is 0 Å². The van der Waals surface area contributed by atoms with E-state index in [1.807, 2.05) is 0 Å². The van der Waals surface area contributed by atoms with Gasteiger partial charge >= 0.3 is 5.97 Å². The molecule has 0 aliphatic carbocycles. The predicted molar refractivity (Wildman–Crippen MR) is 93.1 cm³/mol. The van der Waals surface area contributed by atoms with Crippen LogP contribution >= 0.6 is 15.9 Å². The van der Waals surface area contributed by atoms with Gasteiger partial charge in [0.15, 0.2) is 0 Å². The standard InChI is InChI=1S/C18H12BrFN2O3/c1-24-16-8-4-12(10-14(16)19)18(23)25-17-9-7-15(21-22-17)11-2-5-13(20)6-3-11/h2-10H,1H3. The van der Waals surface area contributed by atoms with E-state index in [2.05, 4.69) is 26.1 Å². The highest BCUT2D eigenvalue weighted by atomic mass is 79.9. The van der Waals surface area contributed by atoms with Crippen LogP contribution in [-0.2, 0) is 0 Å². The molecule has 0 spiro atoms. The molecule has 0 radical (unpaired) electrons. The number of esters is 1. The molecule has 0 aliphatic rings. The molecule has 0 amide bonds. The first-order valence-corrected chi connectivity index (χ1v) is 8.01. The van der Waals surface area contributed by atoms with Crippen molar-refractivity contribution < 1.29 is 18.7 Å². The number of carbonyl (C=O) groups is 1. The highest BCUT2D eigenvalue weighted by Gasteiger charge is 2.12. The van der Waals surface area contributed by atoms with Gasteiger partial charge in [-0.15, -0.1) is 10.2 Å². The molecule has 7 heteroatoms. The number of rotatable bonds is 4. The second-order valence-electron chi connectivity index (χ2n) is 5.00. The largest absolute Gasteiger partial charge is 0.496 e. The third kappa shape index (κ3) is 4.00. The van der Waals surface area contributed by atoms with Crippen molar-refractivity contribution in [2.24, 2.45) is 0 Å². The number of methoxy groups -OCH3 is 1. The fourth-order valence-electron chi connectivity index (χ4n) is 2.10. The lowest BCUT2D eigenvalue weighted by atomic mass is 10.1. The van der Waals surface area contributed by atoms with Gasteiger partial charge in [-0.3, -0.25) is 0 Å². The summed E-state index contributed by atoms with van der Waals surface area (Å²) < 4.78 is 23.9. The molecule has 3 rings (SSSR count). The Kier molecular flexibility index (Phi) is 5.04. The average Bonchev–Trinajstić information content (AvgIpc) is 2.63. The first-order valence-electron chi connectivity index (χ1n) is 7.22. The van der Waals surface area contributed by atoms with Crippen LogP contribution in [0.2, 0.25) is 0 Å². The summed E-state index contributed by atoms with van der Waals surface area (Å²) in [6.07, 6.45) is 0. The van der Waals surface area contributed by atoms with Crippen molar-refractivity contribution in [2.75, 3.05) is 7.11 Å². The molecule has 0 unspecified atom stereocenters. The second-order valence-corrected chi connectivity index (χ2v) is 5.86. The van der Waals surface area contributed by atoms with Crippen molar-refractivity contribution in [3.05, 3.63) is 70.5 Å². The molecule has 25 heavy (non-hydrogen) atoms. The van der Waals surface area contributed by atoms with Gasteiger partial charge in [-0.25, -0.2) is 9.18 Å². The minimum absolute atomic E-state index is 0.0720. The molecule has 5 nitrogen and oxygen atoms in total. The van der Waals surface area contributed by atoms with Gasteiger partial charge in [-0.2, -0.15) is 0 Å². The summed E-state index contributed by atoms with van der Waals surface area (Å²) in [5, 5.41) is 7.87. The van der Waals surface area contributed by atoms with Crippen molar-refractivity contribution in [3.8, 4) is 22.9 Å². The van der Waals surface area contributed by atoms with Crippen LogP contribution < -0.4 is 9.47 Å². The maximum absolute atomic E-state index is 12.9. The third-order valence-electron chi connectivity index (χ3n) is 3.36. The number of ether oxygens (including phenoxy) is 2. The molecule has 0 bridgehead atoms. The second kappa shape index (κ2) is 7.40. The predicted octanol–water partition coefficient (Wildman–Crippen LogP) is 4.27. The van der Waals surface area contributed by atoms with E-state index in [1.54, 1.807) is 36.4 Å². The number of halogens is 2. The van der Waals surface area contributed by atoms with Crippen molar-refractivity contribution in [1.29, 1.82) is 0 Å². The van der Waals surface area contributed by atoms with E-state index >= 15 is 0 Å². The van der Waals surface area contributed by atoms with Crippen LogP contribution in [0.25, 0.3) is 11.3 Å². The minimum atomic E-state index is -0.563. The maximum Gasteiger partial charge on any atom is 0.344 e. The number of hydrogen-bond acceptors (Lipinski definition) is 5. The van der Waals surface area contributed by atoms with E-state index < -0.39 is 5.97 Å². The average molecular weight is 403 g/mol. The molecule has 1 aromatic heterocycles. The monoisotopic (exact) mass is 402 g/mol. The van der Waals surface area contributed by atoms with Gasteiger partial charge < -0.3 is 9.47 Å². The quantitative estimate of drug-likeness (QED) is 0.609. The van der Waals surface area contributed by atoms with E-state index in [4.69, 9.17) is 9.47 Å². The van der Waals surface area contributed by atoms with Crippen LogP contribution in [0.1, 0.15) is 10.4 Å². The molecule has 0 fully saturated rings. The van der Waals surface area contributed by atoms with Gasteiger partial charge in [0.2, 0.25) is 5.88 Å². The number of carbonyl (C=O) groups excluding carboxylic acids is 1. The molecule has 0 aliphatic heterocycles. The van der Waals surface area contributed by atoms with Gasteiger partial charge in [0.05, 0.1) is 22.8 Å². The molecule has 1 heterocycles. The molecule has 0 saturated carbocycles. The van der Waals surface area contributed by atoms with Crippen molar-refractivity contribution in [1.82, 2.24) is 10.2 Å². The zero-order valence-corrected chi connectivity index (χ0v) is 14.7. The minimum Gasteiger partial charge on any atom is -0.496 e. The number of nitrogens with zero attached hydrogens (tertiary/aromatic N) is 2. The van der Waals surface area contributed by atoms with Crippen LogP contribution in [-0.4, -0.2) is 23.3 Å². The lowest BCUT2D eigenvalue weighted by Crippen LogP contribution is -2.10. The number of aromatic nitrogens is 2. The van der Waals surface area contributed by atoms with Gasteiger partial charge in [-0.05, 0) is 64.5 Å². The Labute approximate surface area is 151 Å². The van der Waals surface area contributed by atoms with Gasteiger partial charge in [-0.1, -0.05) is 0 Å². The summed E-state index contributed by atoms with van der Waals surface area (Å²) in [5.41, 5.74) is 1.61.